The first-order valence-electron chi connectivity index (χ1n) is 9.89. The van der Waals surface area contributed by atoms with E-state index >= 15 is 0 Å². The van der Waals surface area contributed by atoms with Gasteiger partial charge in [-0.1, -0.05) is 53.5 Å². The molecule has 0 unspecified atom stereocenters. The molecule has 11 heteroatoms. The van der Waals surface area contributed by atoms with Gasteiger partial charge < -0.3 is 9.84 Å². The van der Waals surface area contributed by atoms with Gasteiger partial charge in [-0.05, 0) is 42.0 Å². The number of hydrogen-bond acceptors (Lipinski definition) is 6. The van der Waals surface area contributed by atoms with Crippen molar-refractivity contribution in [2.75, 3.05) is 13.7 Å². The predicted octanol–water partition coefficient (Wildman–Crippen LogP) is 4.05. The lowest BCUT2D eigenvalue weighted by atomic mass is 10.2. The second-order valence-electron chi connectivity index (χ2n) is 7.03. The van der Waals surface area contributed by atoms with Gasteiger partial charge in [-0.25, -0.2) is 13.8 Å². The summed E-state index contributed by atoms with van der Waals surface area (Å²) in [5, 5.41) is 14.5. The molecular weight excluding hydrogens is 501 g/mol. The fourth-order valence-electron chi connectivity index (χ4n) is 2.99. The largest absolute Gasteiger partial charge is 0.504 e. The van der Waals surface area contributed by atoms with E-state index in [2.05, 4.69) is 10.5 Å². The molecule has 0 fully saturated rings. The number of nitrogens with one attached hydrogen (secondary N) is 1. The smallest absolute Gasteiger partial charge is 0.255 e. The molecule has 3 aromatic carbocycles. The Morgan fingerprint density at radius 1 is 1.09 bits per heavy atom. The molecule has 0 heterocycles. The van der Waals surface area contributed by atoms with Crippen molar-refractivity contribution >= 4 is 45.3 Å². The second-order valence-corrected chi connectivity index (χ2v) is 9.78. The fraction of sp³-hybridized carbons (Fsp3) is 0.130. The molecule has 0 bridgehead atoms. The van der Waals surface area contributed by atoms with Crippen molar-refractivity contribution in [3.63, 3.8) is 0 Å². The second kappa shape index (κ2) is 11.3. The van der Waals surface area contributed by atoms with Crippen LogP contribution in [0.15, 0.2) is 76.7 Å². The monoisotopic (exact) mass is 521 g/mol. The van der Waals surface area contributed by atoms with Gasteiger partial charge >= 0.3 is 0 Å². The van der Waals surface area contributed by atoms with Crippen molar-refractivity contribution < 1.29 is 23.1 Å². The molecule has 0 radical (unpaired) electrons. The summed E-state index contributed by atoms with van der Waals surface area (Å²) < 4.78 is 32.5. The zero-order chi connectivity index (χ0) is 24.7. The third-order valence-electron chi connectivity index (χ3n) is 4.69. The Morgan fingerprint density at radius 2 is 1.82 bits per heavy atom. The van der Waals surface area contributed by atoms with E-state index < -0.39 is 22.5 Å². The quantitative estimate of drug-likeness (QED) is 0.326. The van der Waals surface area contributed by atoms with Gasteiger partial charge in [-0.2, -0.15) is 9.41 Å². The molecule has 2 N–H and O–H groups in total. The summed E-state index contributed by atoms with van der Waals surface area (Å²) in [6.07, 6.45) is 1.23. The van der Waals surface area contributed by atoms with E-state index in [0.29, 0.717) is 16.1 Å². The van der Waals surface area contributed by atoms with Crippen molar-refractivity contribution in [1.29, 1.82) is 0 Å². The van der Waals surface area contributed by atoms with E-state index in [9.17, 15) is 18.3 Å². The van der Waals surface area contributed by atoms with Crippen LogP contribution in [0.3, 0.4) is 0 Å². The molecule has 0 spiro atoms. The average Bonchev–Trinajstić information content (AvgIpc) is 2.82. The van der Waals surface area contributed by atoms with Crippen LogP contribution in [-0.2, 0) is 21.4 Å². The summed E-state index contributed by atoms with van der Waals surface area (Å²) >= 11 is 12.0. The molecule has 0 aromatic heterocycles. The first-order chi connectivity index (χ1) is 16.2. The Kier molecular flexibility index (Phi) is 8.51. The maximum absolute atomic E-state index is 13.2. The Bertz CT molecular complexity index is 1300. The third-order valence-corrected chi connectivity index (χ3v) is 7.23. The molecule has 0 aliphatic heterocycles. The number of hydrazone groups is 1. The molecule has 0 atom stereocenters. The predicted molar refractivity (Wildman–Crippen MR) is 131 cm³/mol. The highest BCUT2D eigenvalue weighted by Crippen LogP contribution is 2.28. The Morgan fingerprint density at radius 3 is 2.50 bits per heavy atom. The molecule has 3 rings (SSSR count). The van der Waals surface area contributed by atoms with Crippen LogP contribution in [0.2, 0.25) is 10.0 Å². The van der Waals surface area contributed by atoms with Crippen LogP contribution in [0.5, 0.6) is 11.5 Å². The summed E-state index contributed by atoms with van der Waals surface area (Å²) in [4.78, 5) is 12.6. The topological polar surface area (TPSA) is 108 Å². The Labute approximate surface area is 207 Å². The number of methoxy groups -OCH3 is 1. The van der Waals surface area contributed by atoms with Crippen LogP contribution in [0.25, 0.3) is 0 Å². The number of rotatable bonds is 9. The number of benzene rings is 3. The number of hydrogen-bond donors (Lipinski definition) is 2. The lowest BCUT2D eigenvalue weighted by molar-refractivity contribution is -0.121. The van der Waals surface area contributed by atoms with Gasteiger partial charge in [0.1, 0.15) is 0 Å². The number of carbonyl (C=O) groups is 1. The van der Waals surface area contributed by atoms with Gasteiger partial charge in [0.15, 0.2) is 11.5 Å². The van der Waals surface area contributed by atoms with E-state index in [1.165, 1.54) is 25.5 Å². The molecule has 3 aromatic rings. The number of carbonyl (C=O) groups excluding carboxylic acids is 1. The zero-order valence-electron chi connectivity index (χ0n) is 18.0. The van der Waals surface area contributed by atoms with Gasteiger partial charge in [0, 0.05) is 12.1 Å². The number of para-hydroxylation sites is 1. The molecule has 178 valence electrons. The molecule has 8 nitrogen and oxygen atoms in total. The van der Waals surface area contributed by atoms with Crippen LogP contribution >= 0.6 is 23.2 Å². The third kappa shape index (κ3) is 6.27. The number of halogens is 2. The number of sulfonamides is 1. The summed E-state index contributed by atoms with van der Waals surface area (Å²) in [5.74, 6) is -0.578. The SMILES string of the molecule is COc1cccc(C=NNC(=O)CN(Cc2ccc(Cl)c(Cl)c2)S(=O)(=O)c2ccccc2)c1O. The molecule has 34 heavy (non-hydrogen) atoms. The van der Waals surface area contributed by atoms with Gasteiger partial charge in [-0.15, -0.1) is 0 Å². The maximum Gasteiger partial charge on any atom is 0.255 e. The van der Waals surface area contributed by atoms with Crippen LogP contribution < -0.4 is 10.2 Å². The molecule has 1 amide bonds. The van der Waals surface area contributed by atoms with E-state index in [1.54, 1.807) is 54.6 Å². The van der Waals surface area contributed by atoms with Crippen molar-refractivity contribution in [3.8, 4) is 11.5 Å². The Hall–Kier alpha value is -3.11. The van der Waals surface area contributed by atoms with Gasteiger partial charge in [0.05, 0.1) is 34.8 Å². The van der Waals surface area contributed by atoms with E-state index in [4.69, 9.17) is 27.9 Å². The Balaban J connectivity index is 1.80. The molecule has 0 aliphatic rings. The van der Waals surface area contributed by atoms with Crippen LogP contribution in [0.1, 0.15) is 11.1 Å². The highest BCUT2D eigenvalue weighted by atomic mass is 35.5. The minimum Gasteiger partial charge on any atom is -0.504 e. The number of ether oxygens (including phenoxy) is 1. The van der Waals surface area contributed by atoms with Crippen molar-refractivity contribution in [2.24, 2.45) is 5.10 Å². The van der Waals surface area contributed by atoms with Gasteiger partial charge in [0.25, 0.3) is 5.91 Å². The summed E-state index contributed by atoms with van der Waals surface area (Å²) in [5.41, 5.74) is 3.14. The minimum absolute atomic E-state index is 0.0349. The van der Waals surface area contributed by atoms with Crippen LogP contribution in [0.4, 0.5) is 0 Å². The summed E-state index contributed by atoms with van der Waals surface area (Å²) in [6.45, 7) is -0.638. The molecule has 0 saturated carbocycles. The number of aromatic hydroxyl groups is 1. The summed E-state index contributed by atoms with van der Waals surface area (Å²) in [6, 6.07) is 17.3. The lowest BCUT2D eigenvalue weighted by Gasteiger charge is -2.21. The van der Waals surface area contributed by atoms with Gasteiger partial charge in [0.2, 0.25) is 10.0 Å². The lowest BCUT2D eigenvalue weighted by Crippen LogP contribution is -2.39. The normalized spacial score (nSPS) is 11.6. The van der Waals surface area contributed by atoms with Crippen molar-refractivity contribution in [2.45, 2.75) is 11.4 Å². The number of phenols is 1. The first kappa shape index (κ1) is 25.5. The van der Waals surface area contributed by atoms with Crippen LogP contribution in [-0.4, -0.2) is 43.6 Å². The first-order valence-corrected chi connectivity index (χ1v) is 12.1. The number of phenolic OH excluding ortho intramolecular Hbond substituents is 1. The minimum atomic E-state index is -4.02. The van der Waals surface area contributed by atoms with Gasteiger partial charge in [-0.3, -0.25) is 4.79 Å². The van der Waals surface area contributed by atoms with Crippen molar-refractivity contribution in [1.82, 2.24) is 9.73 Å². The zero-order valence-corrected chi connectivity index (χ0v) is 20.3. The highest BCUT2D eigenvalue weighted by Gasteiger charge is 2.27. The average molecular weight is 522 g/mol. The molecule has 0 saturated heterocycles. The fourth-order valence-corrected chi connectivity index (χ4v) is 4.71. The molecular formula is C23H21Cl2N3O5S. The van der Waals surface area contributed by atoms with E-state index in [-0.39, 0.29) is 28.0 Å². The van der Waals surface area contributed by atoms with Crippen molar-refractivity contribution in [3.05, 3.63) is 87.9 Å². The van der Waals surface area contributed by atoms with E-state index in [1.807, 2.05) is 0 Å². The highest BCUT2D eigenvalue weighted by molar-refractivity contribution is 7.89. The number of amides is 1. The van der Waals surface area contributed by atoms with Crippen LogP contribution in [0, 0.1) is 0 Å². The number of nitrogens with zero attached hydrogens (tertiary/aromatic N) is 2. The summed E-state index contributed by atoms with van der Waals surface area (Å²) in [7, 11) is -2.61. The maximum atomic E-state index is 13.2. The van der Waals surface area contributed by atoms with E-state index in [0.717, 1.165) is 4.31 Å². The molecule has 0 aliphatic carbocycles. The standard InChI is InChI=1S/C23H21Cl2N3O5S/c1-33-21-9-5-6-17(23(21)30)13-26-27-22(29)15-28(14-16-10-11-19(24)20(25)12-16)34(31,32)18-7-3-2-4-8-18/h2-13,30H,14-15H2,1H3,(H,27,29).